The second-order valence-electron chi connectivity index (χ2n) is 4.30. The molecule has 0 amide bonds. The molecule has 0 aliphatic heterocycles. The number of rotatable bonds is 4. The van der Waals surface area contributed by atoms with Crippen LogP contribution in [0.2, 0.25) is 0 Å². The number of allylic oxidation sites excluding steroid dienone is 10. The van der Waals surface area contributed by atoms with Crippen molar-refractivity contribution in [3.8, 4) is 0 Å². The monoisotopic (exact) mass is 306 g/mol. The first kappa shape index (κ1) is 14.8. The zero-order chi connectivity index (χ0) is 13.5. The molecule has 0 atom stereocenters. The first-order valence-electron chi connectivity index (χ1n) is 5.95. The average molecular weight is 307 g/mol. The SMILES string of the molecule is C=C/C(OBr)=C(\C=C/C)C1C=CC(=C(C)C)C=C1. The summed E-state index contributed by atoms with van der Waals surface area (Å²) in [4.78, 5) is 0. The minimum Gasteiger partial charge on any atom is -0.418 e. The molecule has 18 heavy (non-hydrogen) atoms. The second-order valence-corrected chi connectivity index (χ2v) is 4.62. The van der Waals surface area contributed by atoms with Crippen molar-refractivity contribution >= 4 is 16.3 Å². The van der Waals surface area contributed by atoms with Gasteiger partial charge in [-0.25, -0.2) is 0 Å². The molecule has 0 unspecified atom stereocenters. The van der Waals surface area contributed by atoms with Gasteiger partial charge in [0.15, 0.2) is 16.3 Å². The number of hydrogen-bond donors (Lipinski definition) is 0. The van der Waals surface area contributed by atoms with Crippen LogP contribution in [0.25, 0.3) is 0 Å². The highest BCUT2D eigenvalue weighted by molar-refractivity contribution is 9.06. The van der Waals surface area contributed by atoms with Gasteiger partial charge in [0.05, 0.1) is 0 Å². The molecule has 1 aliphatic rings. The smallest absolute Gasteiger partial charge is 0.179 e. The fourth-order valence-electron chi connectivity index (χ4n) is 1.81. The zero-order valence-electron chi connectivity index (χ0n) is 11.1. The fourth-order valence-corrected chi connectivity index (χ4v) is 2.13. The Kier molecular flexibility index (Phi) is 5.93. The molecule has 0 aromatic rings. The summed E-state index contributed by atoms with van der Waals surface area (Å²) in [6.07, 6.45) is 14.4. The number of hydrogen-bond acceptors (Lipinski definition) is 1. The standard InChI is InChI=1S/C16H19BrO/c1-5-7-15(16(6-2)18-17)14-10-8-13(9-11-14)12(3)4/h5-11,14H,2H2,1,3-4H3/b7-5-,16-15-. The molecule has 0 aromatic carbocycles. The third-order valence-electron chi connectivity index (χ3n) is 2.80. The lowest BCUT2D eigenvalue weighted by Crippen LogP contribution is -2.02. The van der Waals surface area contributed by atoms with Crippen molar-refractivity contribution in [3.63, 3.8) is 0 Å². The summed E-state index contributed by atoms with van der Waals surface area (Å²) < 4.78 is 5.18. The van der Waals surface area contributed by atoms with Gasteiger partial charge >= 0.3 is 0 Å². The molecule has 96 valence electrons. The molecule has 0 spiro atoms. The molecule has 0 N–H and O–H groups in total. The van der Waals surface area contributed by atoms with Gasteiger partial charge in [-0.2, -0.15) is 0 Å². The highest BCUT2D eigenvalue weighted by Crippen LogP contribution is 2.27. The van der Waals surface area contributed by atoms with Crippen molar-refractivity contribution in [3.05, 3.63) is 71.6 Å². The summed E-state index contributed by atoms with van der Waals surface area (Å²) in [6, 6.07) is 0. The van der Waals surface area contributed by atoms with Crippen LogP contribution in [0.4, 0.5) is 0 Å². The topological polar surface area (TPSA) is 9.23 Å². The van der Waals surface area contributed by atoms with Gasteiger partial charge in [0.2, 0.25) is 0 Å². The van der Waals surface area contributed by atoms with Gasteiger partial charge < -0.3 is 3.83 Å². The molecule has 1 nitrogen and oxygen atoms in total. The summed E-state index contributed by atoms with van der Waals surface area (Å²) in [6.45, 7) is 9.99. The van der Waals surface area contributed by atoms with Crippen LogP contribution < -0.4 is 0 Å². The first-order chi connectivity index (χ1) is 8.63. The van der Waals surface area contributed by atoms with Gasteiger partial charge in [-0.1, -0.05) is 48.6 Å². The maximum absolute atomic E-state index is 5.18. The lowest BCUT2D eigenvalue weighted by atomic mass is 9.90. The largest absolute Gasteiger partial charge is 0.418 e. The van der Waals surface area contributed by atoms with Gasteiger partial charge in [-0.05, 0) is 32.4 Å². The normalized spacial score (nSPS) is 20.0. The molecule has 0 saturated carbocycles. The van der Waals surface area contributed by atoms with Crippen molar-refractivity contribution < 1.29 is 3.83 Å². The summed E-state index contributed by atoms with van der Waals surface area (Å²) in [5.74, 6) is 0.961. The van der Waals surface area contributed by atoms with E-state index in [0.717, 1.165) is 11.3 Å². The Morgan fingerprint density at radius 3 is 2.33 bits per heavy atom. The molecule has 1 aliphatic carbocycles. The van der Waals surface area contributed by atoms with Gasteiger partial charge in [-0.3, -0.25) is 0 Å². The van der Waals surface area contributed by atoms with Crippen LogP contribution in [0.3, 0.4) is 0 Å². The van der Waals surface area contributed by atoms with Crippen LogP contribution in [0.15, 0.2) is 71.6 Å². The number of halogens is 1. The summed E-state index contributed by atoms with van der Waals surface area (Å²) >= 11 is 3.03. The van der Waals surface area contributed by atoms with E-state index in [1.54, 1.807) is 6.08 Å². The maximum atomic E-state index is 5.18. The van der Waals surface area contributed by atoms with Crippen LogP contribution in [0, 0.1) is 5.92 Å². The third-order valence-corrected chi connectivity index (χ3v) is 3.15. The van der Waals surface area contributed by atoms with Crippen LogP contribution >= 0.6 is 16.3 Å². The van der Waals surface area contributed by atoms with Crippen molar-refractivity contribution in [1.82, 2.24) is 0 Å². The maximum Gasteiger partial charge on any atom is 0.179 e. The van der Waals surface area contributed by atoms with E-state index >= 15 is 0 Å². The molecule has 1 rings (SSSR count). The summed E-state index contributed by atoms with van der Waals surface area (Å²) in [5.41, 5.74) is 3.67. The molecular weight excluding hydrogens is 288 g/mol. The highest BCUT2D eigenvalue weighted by Gasteiger charge is 2.13. The van der Waals surface area contributed by atoms with E-state index in [9.17, 15) is 0 Å². The molecule has 0 bridgehead atoms. The molecule has 0 radical (unpaired) electrons. The average Bonchev–Trinajstić information content (AvgIpc) is 2.39. The third kappa shape index (κ3) is 3.61. The predicted molar refractivity (Wildman–Crippen MR) is 82.2 cm³/mol. The lowest BCUT2D eigenvalue weighted by molar-refractivity contribution is 0.538. The van der Waals surface area contributed by atoms with E-state index in [-0.39, 0.29) is 5.92 Å². The Hall–Kier alpha value is -1.28. The summed E-state index contributed by atoms with van der Waals surface area (Å²) in [5, 5.41) is 0. The van der Waals surface area contributed by atoms with E-state index in [2.05, 4.69) is 61.0 Å². The van der Waals surface area contributed by atoms with E-state index < -0.39 is 0 Å². The summed E-state index contributed by atoms with van der Waals surface area (Å²) in [7, 11) is 0. The second kappa shape index (κ2) is 7.22. The van der Waals surface area contributed by atoms with E-state index in [0.29, 0.717) is 0 Å². The Balaban J connectivity index is 3.11. The molecule has 0 fully saturated rings. The molecule has 2 heteroatoms. The quantitative estimate of drug-likeness (QED) is 0.498. The first-order valence-corrected chi connectivity index (χ1v) is 6.60. The van der Waals surface area contributed by atoms with E-state index in [1.165, 1.54) is 11.1 Å². The lowest BCUT2D eigenvalue weighted by Gasteiger charge is -2.16. The van der Waals surface area contributed by atoms with Gasteiger partial charge in [-0.15, -0.1) is 0 Å². The minimum absolute atomic E-state index is 0.217. The molecule has 0 heterocycles. The van der Waals surface area contributed by atoms with Gasteiger partial charge in [0, 0.05) is 11.5 Å². The van der Waals surface area contributed by atoms with Crippen LogP contribution in [0.1, 0.15) is 20.8 Å². The molecule has 0 aromatic heterocycles. The fraction of sp³-hybridized carbons (Fsp3) is 0.250. The predicted octanol–water partition coefficient (Wildman–Crippen LogP) is 5.41. The Morgan fingerprint density at radius 1 is 1.33 bits per heavy atom. The Morgan fingerprint density at radius 2 is 1.94 bits per heavy atom. The van der Waals surface area contributed by atoms with Crippen molar-refractivity contribution in [2.24, 2.45) is 5.92 Å². The van der Waals surface area contributed by atoms with Crippen molar-refractivity contribution in [2.45, 2.75) is 20.8 Å². The Labute approximate surface area is 118 Å². The van der Waals surface area contributed by atoms with Gasteiger partial charge in [0.25, 0.3) is 0 Å². The van der Waals surface area contributed by atoms with E-state index in [1.807, 2.05) is 19.1 Å². The van der Waals surface area contributed by atoms with Crippen LogP contribution in [-0.2, 0) is 3.83 Å². The van der Waals surface area contributed by atoms with Crippen molar-refractivity contribution in [2.75, 3.05) is 0 Å². The Bertz CT molecular complexity index is 441. The van der Waals surface area contributed by atoms with E-state index in [4.69, 9.17) is 3.83 Å². The minimum atomic E-state index is 0.217. The van der Waals surface area contributed by atoms with Crippen LogP contribution in [0.5, 0.6) is 0 Å². The van der Waals surface area contributed by atoms with Crippen LogP contribution in [-0.4, -0.2) is 0 Å². The van der Waals surface area contributed by atoms with Gasteiger partial charge in [0.1, 0.15) is 5.76 Å². The highest BCUT2D eigenvalue weighted by atomic mass is 79.9. The van der Waals surface area contributed by atoms with Crippen molar-refractivity contribution in [1.29, 1.82) is 0 Å². The zero-order valence-corrected chi connectivity index (χ0v) is 12.7. The molecule has 0 saturated heterocycles. The molecular formula is C16H19BrO.